The van der Waals surface area contributed by atoms with Crippen LogP contribution < -0.4 is 5.32 Å². The summed E-state index contributed by atoms with van der Waals surface area (Å²) in [5, 5.41) is 7.14. The third kappa shape index (κ3) is 2.50. The number of aromatic nitrogens is 3. The van der Waals surface area contributed by atoms with E-state index in [1.807, 2.05) is 19.2 Å². The molecule has 2 atom stereocenters. The molecule has 90 valence electrons. The van der Waals surface area contributed by atoms with E-state index in [0.717, 1.165) is 5.56 Å². The van der Waals surface area contributed by atoms with E-state index in [1.165, 1.54) is 0 Å². The minimum atomic E-state index is 0.179. The maximum Gasteiger partial charge on any atom is 0.231 e. The van der Waals surface area contributed by atoms with Crippen LogP contribution in [0.5, 0.6) is 0 Å². The number of nitrogens with zero attached hydrogens (tertiary/aromatic N) is 3. The largest absolute Gasteiger partial charge is 0.339 e. The number of hydrogen-bond acceptors (Lipinski definition) is 5. The van der Waals surface area contributed by atoms with Gasteiger partial charge in [-0.05, 0) is 26.1 Å². The number of hydrogen-bond donors (Lipinski definition) is 1. The molecule has 0 fully saturated rings. The first-order valence-corrected chi connectivity index (χ1v) is 5.63. The van der Waals surface area contributed by atoms with E-state index in [0.29, 0.717) is 11.7 Å². The molecule has 0 amide bonds. The summed E-state index contributed by atoms with van der Waals surface area (Å²) in [5.74, 6) is 1.41. The van der Waals surface area contributed by atoms with E-state index < -0.39 is 0 Å². The molecule has 0 aromatic carbocycles. The van der Waals surface area contributed by atoms with Gasteiger partial charge in [-0.25, -0.2) is 0 Å². The molecule has 0 spiro atoms. The van der Waals surface area contributed by atoms with Crippen LogP contribution in [0, 0.1) is 0 Å². The molecule has 0 bridgehead atoms. The summed E-state index contributed by atoms with van der Waals surface area (Å²) in [6.45, 7) is 4.14. The highest BCUT2D eigenvalue weighted by Gasteiger charge is 2.19. The van der Waals surface area contributed by atoms with Crippen molar-refractivity contribution in [1.82, 2.24) is 20.4 Å². The topological polar surface area (TPSA) is 63.8 Å². The second kappa shape index (κ2) is 5.05. The van der Waals surface area contributed by atoms with Gasteiger partial charge in [0.15, 0.2) is 0 Å². The Hall–Kier alpha value is -1.75. The van der Waals surface area contributed by atoms with Crippen molar-refractivity contribution < 1.29 is 4.52 Å². The predicted octanol–water partition coefficient (Wildman–Crippen LogP) is 1.84. The Morgan fingerprint density at radius 1 is 1.35 bits per heavy atom. The van der Waals surface area contributed by atoms with E-state index in [9.17, 15) is 0 Å². The highest BCUT2D eigenvalue weighted by molar-refractivity contribution is 5.51. The molecular weight excluding hydrogens is 216 g/mol. The monoisotopic (exact) mass is 232 g/mol. The van der Waals surface area contributed by atoms with Crippen LogP contribution in [0.25, 0.3) is 11.4 Å². The summed E-state index contributed by atoms with van der Waals surface area (Å²) in [4.78, 5) is 8.42. The van der Waals surface area contributed by atoms with Crippen LogP contribution in [0.15, 0.2) is 29.0 Å². The highest BCUT2D eigenvalue weighted by Crippen LogP contribution is 2.20. The second-order valence-corrected chi connectivity index (χ2v) is 4.06. The van der Waals surface area contributed by atoms with Gasteiger partial charge in [-0.3, -0.25) is 4.98 Å². The lowest BCUT2D eigenvalue weighted by atomic mass is 10.0. The number of nitrogens with one attached hydrogen (secondary N) is 1. The fraction of sp³-hybridized carbons (Fsp3) is 0.417. The minimum Gasteiger partial charge on any atom is -0.339 e. The van der Waals surface area contributed by atoms with Crippen molar-refractivity contribution in [3.8, 4) is 11.4 Å². The summed E-state index contributed by atoms with van der Waals surface area (Å²) in [7, 11) is 1.92. The first-order chi connectivity index (χ1) is 8.22. The Kier molecular flexibility index (Phi) is 3.49. The van der Waals surface area contributed by atoms with Crippen molar-refractivity contribution in [1.29, 1.82) is 0 Å². The van der Waals surface area contributed by atoms with Gasteiger partial charge in [0, 0.05) is 24.0 Å². The van der Waals surface area contributed by atoms with E-state index in [1.54, 1.807) is 12.4 Å². The van der Waals surface area contributed by atoms with Crippen molar-refractivity contribution in [2.24, 2.45) is 0 Å². The van der Waals surface area contributed by atoms with Gasteiger partial charge in [0.2, 0.25) is 11.7 Å². The van der Waals surface area contributed by atoms with Crippen molar-refractivity contribution in [3.05, 3.63) is 30.4 Å². The Morgan fingerprint density at radius 3 is 2.82 bits per heavy atom. The Bertz CT molecular complexity index is 468. The molecule has 0 aliphatic rings. The number of pyridine rings is 1. The van der Waals surface area contributed by atoms with Gasteiger partial charge in [-0.15, -0.1) is 0 Å². The number of rotatable bonds is 4. The van der Waals surface area contributed by atoms with Crippen LogP contribution in [0.4, 0.5) is 0 Å². The van der Waals surface area contributed by atoms with Gasteiger partial charge < -0.3 is 9.84 Å². The van der Waals surface area contributed by atoms with Crippen LogP contribution in [0.2, 0.25) is 0 Å². The molecule has 0 aliphatic heterocycles. The lowest BCUT2D eigenvalue weighted by molar-refractivity contribution is 0.336. The van der Waals surface area contributed by atoms with E-state index in [4.69, 9.17) is 4.52 Å². The van der Waals surface area contributed by atoms with Gasteiger partial charge in [-0.2, -0.15) is 4.98 Å². The summed E-state index contributed by atoms with van der Waals surface area (Å²) >= 11 is 0. The maximum atomic E-state index is 5.27. The number of likely N-dealkylation sites (N-methyl/N-ethyl adjacent to an activating group) is 1. The minimum absolute atomic E-state index is 0.179. The molecule has 5 heteroatoms. The molecule has 0 saturated heterocycles. The summed E-state index contributed by atoms with van der Waals surface area (Å²) in [6.07, 6.45) is 3.44. The Morgan fingerprint density at radius 2 is 2.18 bits per heavy atom. The lowest BCUT2D eigenvalue weighted by Gasteiger charge is -2.14. The van der Waals surface area contributed by atoms with E-state index in [-0.39, 0.29) is 12.0 Å². The third-order valence-electron chi connectivity index (χ3n) is 2.96. The van der Waals surface area contributed by atoms with Crippen LogP contribution in [0.1, 0.15) is 25.7 Å². The predicted molar refractivity (Wildman–Crippen MR) is 64.5 cm³/mol. The Balaban J connectivity index is 2.22. The highest BCUT2D eigenvalue weighted by atomic mass is 16.5. The molecule has 0 saturated carbocycles. The zero-order valence-corrected chi connectivity index (χ0v) is 10.2. The molecule has 2 aromatic rings. The van der Waals surface area contributed by atoms with Crippen LogP contribution in [-0.2, 0) is 0 Å². The van der Waals surface area contributed by atoms with Crippen LogP contribution >= 0.6 is 0 Å². The normalized spacial score (nSPS) is 14.5. The van der Waals surface area contributed by atoms with Crippen molar-refractivity contribution >= 4 is 0 Å². The molecule has 2 unspecified atom stereocenters. The standard InChI is InChI=1S/C12H16N4O/c1-8(9(2)13-3)12-15-11(16-17-12)10-5-4-6-14-7-10/h4-9,13H,1-3H3. The Labute approximate surface area is 100 Å². The third-order valence-corrected chi connectivity index (χ3v) is 2.96. The first kappa shape index (κ1) is 11.7. The summed E-state index contributed by atoms with van der Waals surface area (Å²) in [6, 6.07) is 4.05. The van der Waals surface area contributed by atoms with Gasteiger partial charge in [0.1, 0.15) is 0 Å². The average Bonchev–Trinajstić information content (AvgIpc) is 2.87. The first-order valence-electron chi connectivity index (χ1n) is 5.63. The smallest absolute Gasteiger partial charge is 0.231 e. The molecule has 1 N–H and O–H groups in total. The van der Waals surface area contributed by atoms with Gasteiger partial charge >= 0.3 is 0 Å². The molecule has 0 radical (unpaired) electrons. The zero-order valence-electron chi connectivity index (χ0n) is 10.2. The van der Waals surface area contributed by atoms with E-state index in [2.05, 4.69) is 34.3 Å². The maximum absolute atomic E-state index is 5.27. The van der Waals surface area contributed by atoms with Crippen LogP contribution in [0.3, 0.4) is 0 Å². The molecule has 2 rings (SSSR count). The zero-order chi connectivity index (χ0) is 12.3. The van der Waals surface area contributed by atoms with Gasteiger partial charge in [-0.1, -0.05) is 12.1 Å². The molecule has 17 heavy (non-hydrogen) atoms. The fourth-order valence-electron chi connectivity index (χ4n) is 1.50. The van der Waals surface area contributed by atoms with Gasteiger partial charge in [0.05, 0.1) is 5.92 Å². The fourth-order valence-corrected chi connectivity index (χ4v) is 1.50. The quantitative estimate of drug-likeness (QED) is 0.871. The molecule has 5 nitrogen and oxygen atoms in total. The van der Waals surface area contributed by atoms with Crippen molar-refractivity contribution in [3.63, 3.8) is 0 Å². The average molecular weight is 232 g/mol. The van der Waals surface area contributed by atoms with Crippen LogP contribution in [-0.4, -0.2) is 28.2 Å². The second-order valence-electron chi connectivity index (χ2n) is 4.06. The van der Waals surface area contributed by atoms with E-state index >= 15 is 0 Å². The molecular formula is C12H16N4O. The summed E-state index contributed by atoms with van der Waals surface area (Å²) < 4.78 is 5.27. The molecule has 0 aliphatic carbocycles. The SMILES string of the molecule is CNC(C)C(C)c1nc(-c2cccnc2)no1. The lowest BCUT2D eigenvalue weighted by Crippen LogP contribution is -2.27. The van der Waals surface area contributed by atoms with Crippen molar-refractivity contribution in [2.45, 2.75) is 25.8 Å². The summed E-state index contributed by atoms with van der Waals surface area (Å²) in [5.41, 5.74) is 0.867. The van der Waals surface area contributed by atoms with Crippen molar-refractivity contribution in [2.75, 3.05) is 7.05 Å². The molecule has 2 aromatic heterocycles. The van der Waals surface area contributed by atoms with Gasteiger partial charge in [0.25, 0.3) is 0 Å². The molecule has 2 heterocycles.